The van der Waals surface area contributed by atoms with E-state index < -0.39 is 23.0 Å². The van der Waals surface area contributed by atoms with Crippen LogP contribution in [-0.4, -0.2) is 12.0 Å². The third-order valence-corrected chi connectivity index (χ3v) is 4.44. The van der Waals surface area contributed by atoms with Gasteiger partial charge in [0.25, 0.3) is 0 Å². The molecule has 0 bridgehead atoms. The van der Waals surface area contributed by atoms with Crippen molar-refractivity contribution in [3.63, 3.8) is 0 Å². The number of hydrogen-bond donors (Lipinski definition) is 1. The smallest absolute Gasteiger partial charge is 0.309 e. The van der Waals surface area contributed by atoms with Crippen LogP contribution >= 0.6 is 27.3 Å². The van der Waals surface area contributed by atoms with E-state index in [4.69, 9.17) is 0 Å². The lowest BCUT2D eigenvalue weighted by Crippen LogP contribution is -2.17. The highest BCUT2D eigenvalue weighted by atomic mass is 79.9. The summed E-state index contributed by atoms with van der Waals surface area (Å²) < 4.78 is 51.6. The summed E-state index contributed by atoms with van der Waals surface area (Å²) in [6, 6.07) is 3.50. The predicted molar refractivity (Wildman–Crippen MR) is 72.1 cm³/mol. The highest BCUT2D eigenvalue weighted by molar-refractivity contribution is 9.10. The molecule has 0 aliphatic carbocycles. The monoisotopic (exact) mass is 368 g/mol. The number of alkyl halides is 3. The number of aromatic nitrogens is 1. The number of nitrogens with one attached hydrogen (secondary N) is 1. The van der Waals surface area contributed by atoms with Gasteiger partial charge in [0.15, 0.2) is 5.01 Å². The van der Waals surface area contributed by atoms with Gasteiger partial charge in [0.1, 0.15) is 5.82 Å². The molecule has 1 aromatic heterocycles. The van der Waals surface area contributed by atoms with Gasteiger partial charge in [0.2, 0.25) is 0 Å². The van der Waals surface area contributed by atoms with E-state index in [2.05, 4.69) is 26.2 Å². The molecule has 20 heavy (non-hydrogen) atoms. The number of rotatable bonds is 3. The summed E-state index contributed by atoms with van der Waals surface area (Å²) in [5.74, 6) is -0.455. The van der Waals surface area contributed by atoms with Gasteiger partial charge >= 0.3 is 6.18 Å². The first-order valence-corrected chi connectivity index (χ1v) is 7.09. The number of benzene rings is 1. The minimum absolute atomic E-state index is 0.367. The van der Waals surface area contributed by atoms with E-state index in [0.29, 0.717) is 26.3 Å². The second-order valence-corrected chi connectivity index (χ2v) is 5.87. The van der Waals surface area contributed by atoms with Gasteiger partial charge in [-0.1, -0.05) is 15.9 Å². The fraction of sp³-hybridized carbons (Fsp3) is 0.250. The number of hydrogen-bond acceptors (Lipinski definition) is 3. The van der Waals surface area contributed by atoms with E-state index in [0.717, 1.165) is 6.20 Å². The molecule has 1 aromatic carbocycles. The lowest BCUT2D eigenvalue weighted by molar-refractivity contribution is -0.137. The van der Waals surface area contributed by atoms with Crippen LogP contribution in [0.4, 0.5) is 17.6 Å². The van der Waals surface area contributed by atoms with Crippen molar-refractivity contribution in [1.29, 1.82) is 0 Å². The van der Waals surface area contributed by atoms with E-state index in [1.807, 2.05) is 0 Å². The third kappa shape index (κ3) is 3.18. The molecule has 2 rings (SSSR count). The first-order chi connectivity index (χ1) is 9.32. The Bertz CT molecular complexity index is 612. The van der Waals surface area contributed by atoms with Crippen molar-refractivity contribution in [1.82, 2.24) is 10.3 Å². The minimum Gasteiger partial charge on any atom is -0.309 e. The van der Waals surface area contributed by atoms with Crippen molar-refractivity contribution in [3.8, 4) is 0 Å². The summed E-state index contributed by atoms with van der Waals surface area (Å²) in [5, 5.41) is 1.96. The summed E-state index contributed by atoms with van der Waals surface area (Å²) in [6.07, 6.45) is -3.31. The van der Waals surface area contributed by atoms with E-state index in [1.165, 1.54) is 18.2 Å². The molecule has 2 aromatic rings. The van der Waals surface area contributed by atoms with Gasteiger partial charge in [-0.25, -0.2) is 9.37 Å². The molecular formula is C12H9BrF4N2S. The van der Waals surface area contributed by atoms with Gasteiger partial charge in [-0.2, -0.15) is 13.2 Å². The zero-order valence-electron chi connectivity index (χ0n) is 10.1. The molecule has 1 N–H and O–H groups in total. The van der Waals surface area contributed by atoms with Crippen molar-refractivity contribution >= 4 is 27.3 Å². The van der Waals surface area contributed by atoms with Crippen LogP contribution in [0, 0.1) is 5.82 Å². The average molecular weight is 369 g/mol. The zero-order chi connectivity index (χ0) is 14.9. The first-order valence-electron chi connectivity index (χ1n) is 5.48. The SMILES string of the molecule is CNC(c1cnc(C(F)(F)F)s1)c1cc(F)ccc1Br. The van der Waals surface area contributed by atoms with Crippen LogP contribution in [0.3, 0.4) is 0 Å². The topological polar surface area (TPSA) is 24.9 Å². The minimum atomic E-state index is -4.47. The molecule has 0 saturated heterocycles. The Balaban J connectivity index is 2.42. The van der Waals surface area contributed by atoms with Crippen LogP contribution in [0.15, 0.2) is 28.9 Å². The molecule has 0 radical (unpaired) electrons. The molecule has 1 atom stereocenters. The lowest BCUT2D eigenvalue weighted by Gasteiger charge is -2.16. The molecule has 0 aliphatic heterocycles. The third-order valence-electron chi connectivity index (χ3n) is 2.61. The van der Waals surface area contributed by atoms with E-state index in [-0.39, 0.29) is 0 Å². The van der Waals surface area contributed by atoms with Crippen molar-refractivity contribution < 1.29 is 17.6 Å². The molecule has 0 aliphatic rings. The number of halogens is 5. The van der Waals surface area contributed by atoms with Crippen molar-refractivity contribution in [3.05, 3.63) is 50.1 Å². The number of thiazole rings is 1. The summed E-state index contributed by atoms with van der Waals surface area (Å²) in [4.78, 5) is 3.75. The van der Waals surface area contributed by atoms with Gasteiger partial charge in [-0.05, 0) is 30.8 Å². The van der Waals surface area contributed by atoms with E-state index in [1.54, 1.807) is 7.05 Å². The van der Waals surface area contributed by atoms with Gasteiger partial charge in [0.05, 0.1) is 6.04 Å². The van der Waals surface area contributed by atoms with E-state index >= 15 is 0 Å². The van der Waals surface area contributed by atoms with Crippen LogP contribution < -0.4 is 5.32 Å². The molecular weight excluding hydrogens is 360 g/mol. The maximum absolute atomic E-state index is 13.3. The van der Waals surface area contributed by atoms with Crippen molar-refractivity contribution in [2.24, 2.45) is 0 Å². The van der Waals surface area contributed by atoms with Crippen LogP contribution in [0.2, 0.25) is 0 Å². The van der Waals surface area contributed by atoms with Crippen LogP contribution in [0.25, 0.3) is 0 Å². The Morgan fingerprint density at radius 3 is 2.60 bits per heavy atom. The predicted octanol–water partition coefficient (Wildman–Crippen LogP) is 4.37. The van der Waals surface area contributed by atoms with Crippen LogP contribution in [-0.2, 0) is 6.18 Å². The molecule has 0 spiro atoms. The standard InChI is InChI=1S/C12H9BrF4N2S/c1-18-10(7-4-6(14)2-3-8(7)13)9-5-19-11(20-9)12(15,16)17/h2-5,10,18H,1H3. The highest BCUT2D eigenvalue weighted by Gasteiger charge is 2.35. The largest absolute Gasteiger partial charge is 0.443 e. The maximum atomic E-state index is 13.3. The quantitative estimate of drug-likeness (QED) is 0.813. The highest BCUT2D eigenvalue weighted by Crippen LogP contribution is 2.37. The van der Waals surface area contributed by atoms with Crippen LogP contribution in [0.5, 0.6) is 0 Å². The second-order valence-electron chi connectivity index (χ2n) is 3.95. The Hall–Kier alpha value is -0.990. The zero-order valence-corrected chi connectivity index (χ0v) is 12.5. The van der Waals surface area contributed by atoms with Crippen molar-refractivity contribution in [2.75, 3.05) is 7.05 Å². The van der Waals surface area contributed by atoms with Crippen LogP contribution in [0.1, 0.15) is 21.5 Å². The first kappa shape index (κ1) is 15.4. The number of nitrogens with zero attached hydrogens (tertiary/aromatic N) is 1. The second kappa shape index (κ2) is 5.79. The average Bonchev–Trinajstić information content (AvgIpc) is 2.84. The molecule has 1 heterocycles. The molecule has 0 amide bonds. The maximum Gasteiger partial charge on any atom is 0.443 e. The normalized spacial score (nSPS) is 13.5. The van der Waals surface area contributed by atoms with E-state index in [9.17, 15) is 17.6 Å². The fourth-order valence-electron chi connectivity index (χ4n) is 1.74. The van der Waals surface area contributed by atoms with Crippen molar-refractivity contribution in [2.45, 2.75) is 12.2 Å². The fourth-order valence-corrected chi connectivity index (χ4v) is 3.13. The molecule has 1 unspecified atom stereocenters. The van der Waals surface area contributed by atoms with Gasteiger partial charge in [-0.3, -0.25) is 0 Å². The Labute approximate surface area is 125 Å². The van der Waals surface area contributed by atoms with Gasteiger partial charge < -0.3 is 5.32 Å². The van der Waals surface area contributed by atoms with Gasteiger partial charge in [0, 0.05) is 15.5 Å². The molecule has 2 nitrogen and oxygen atoms in total. The van der Waals surface area contributed by atoms with Gasteiger partial charge in [-0.15, -0.1) is 11.3 Å². The summed E-state index contributed by atoms with van der Waals surface area (Å²) in [5.41, 5.74) is 0.518. The Morgan fingerprint density at radius 1 is 1.35 bits per heavy atom. The molecule has 0 fully saturated rings. The summed E-state index contributed by atoms with van der Waals surface area (Å²) >= 11 is 3.81. The summed E-state index contributed by atoms with van der Waals surface area (Å²) in [6.45, 7) is 0. The lowest BCUT2D eigenvalue weighted by atomic mass is 10.1. The Kier molecular flexibility index (Phi) is 4.46. The molecule has 8 heteroatoms. The molecule has 108 valence electrons. The Morgan fingerprint density at radius 2 is 2.05 bits per heavy atom. The molecule has 0 saturated carbocycles. The summed E-state index contributed by atoms with van der Waals surface area (Å²) in [7, 11) is 1.59.